The number of nitrogens with zero attached hydrogens (tertiary/aromatic N) is 1. The number of ether oxygens (including phenoxy) is 1. The molecule has 2 N–H and O–H groups in total. The Labute approximate surface area is 145 Å². The first-order valence-electron chi connectivity index (χ1n) is 7.96. The molecule has 0 bridgehead atoms. The number of likely N-dealkylation sites (N-methyl/N-ethyl adjacent to an activating group) is 1. The average Bonchev–Trinajstić information content (AvgIpc) is 2.80. The molecule has 0 radical (unpaired) electrons. The molecule has 0 unspecified atom stereocenters. The van der Waals surface area contributed by atoms with Crippen LogP contribution in [0.2, 0.25) is 0 Å². The molecule has 0 aliphatic carbocycles. The first-order chi connectivity index (χ1) is 11.8. The fourth-order valence-electron chi connectivity index (χ4n) is 2.54. The van der Waals surface area contributed by atoms with Crippen molar-refractivity contribution >= 4 is 23.8 Å². The van der Waals surface area contributed by atoms with Crippen LogP contribution in [0.15, 0.2) is 30.3 Å². The largest absolute Gasteiger partial charge is 0.451 e. The molecule has 0 saturated carbocycles. The van der Waals surface area contributed by atoms with Crippen molar-refractivity contribution in [3.8, 4) is 0 Å². The monoisotopic (exact) mass is 347 g/mol. The van der Waals surface area contributed by atoms with E-state index in [-0.39, 0.29) is 0 Å². The summed E-state index contributed by atoms with van der Waals surface area (Å²) >= 11 is 0. The van der Waals surface area contributed by atoms with E-state index in [1.165, 1.54) is 6.92 Å². The predicted octanol–water partition coefficient (Wildman–Crippen LogP) is 0.521. The van der Waals surface area contributed by atoms with Gasteiger partial charge < -0.3 is 15.4 Å². The maximum absolute atomic E-state index is 12.7. The number of esters is 1. The second-order valence-corrected chi connectivity index (χ2v) is 5.84. The summed E-state index contributed by atoms with van der Waals surface area (Å²) in [6, 6.07) is 8.06. The number of benzene rings is 1. The minimum absolute atomic E-state index is 0.406. The summed E-state index contributed by atoms with van der Waals surface area (Å²) in [4.78, 5) is 49.1. The number of rotatable bonds is 6. The Bertz CT molecular complexity index is 691. The van der Waals surface area contributed by atoms with Gasteiger partial charge in [-0.2, -0.15) is 0 Å². The summed E-state index contributed by atoms with van der Waals surface area (Å²) in [6.07, 6.45) is -1.01. The highest BCUT2D eigenvalue weighted by Gasteiger charge is 2.49. The smallest absolute Gasteiger partial charge is 0.327 e. The molecule has 0 spiro atoms. The standard InChI is InChI=1S/C17H21N3O5/c1-4-18-14(22)11(2)25-13(21)10-20-15(23)17(3,19-16(20)24)12-8-6-5-7-9-12/h5-9,11H,4,10H2,1-3H3,(H,18,22)(H,19,24)/t11-,17-/m0/s1. The molecule has 1 aliphatic heterocycles. The summed E-state index contributed by atoms with van der Waals surface area (Å²) in [6.45, 7) is 4.58. The highest BCUT2D eigenvalue weighted by molar-refractivity contribution is 6.08. The summed E-state index contributed by atoms with van der Waals surface area (Å²) in [5.41, 5.74) is -0.635. The van der Waals surface area contributed by atoms with E-state index in [1.54, 1.807) is 44.2 Å². The van der Waals surface area contributed by atoms with Gasteiger partial charge in [0.25, 0.3) is 11.8 Å². The van der Waals surface area contributed by atoms with E-state index in [0.29, 0.717) is 12.1 Å². The molecule has 0 aromatic heterocycles. The van der Waals surface area contributed by atoms with Gasteiger partial charge in [0.1, 0.15) is 12.1 Å². The molecule has 8 heteroatoms. The van der Waals surface area contributed by atoms with E-state index >= 15 is 0 Å². The van der Waals surface area contributed by atoms with Crippen LogP contribution in [0.25, 0.3) is 0 Å². The van der Waals surface area contributed by atoms with Crippen LogP contribution in [0.1, 0.15) is 26.3 Å². The number of nitrogens with one attached hydrogen (secondary N) is 2. The lowest BCUT2D eigenvalue weighted by atomic mass is 9.92. The van der Waals surface area contributed by atoms with E-state index in [0.717, 1.165) is 4.90 Å². The van der Waals surface area contributed by atoms with Gasteiger partial charge in [0.2, 0.25) is 0 Å². The highest BCUT2D eigenvalue weighted by Crippen LogP contribution is 2.28. The van der Waals surface area contributed by atoms with E-state index in [2.05, 4.69) is 10.6 Å². The second-order valence-electron chi connectivity index (χ2n) is 5.84. The Hall–Kier alpha value is -2.90. The van der Waals surface area contributed by atoms with Crippen LogP contribution in [0.5, 0.6) is 0 Å². The molecule has 1 aromatic carbocycles. The minimum Gasteiger partial charge on any atom is -0.451 e. The molecule has 134 valence electrons. The van der Waals surface area contributed by atoms with Gasteiger partial charge in [0.15, 0.2) is 6.10 Å². The van der Waals surface area contributed by atoms with Gasteiger partial charge in [0.05, 0.1) is 0 Å². The number of imide groups is 1. The number of carbonyl (C=O) groups is 4. The van der Waals surface area contributed by atoms with Crippen molar-refractivity contribution < 1.29 is 23.9 Å². The van der Waals surface area contributed by atoms with E-state index < -0.39 is 42.0 Å². The van der Waals surface area contributed by atoms with Crippen molar-refractivity contribution in [2.45, 2.75) is 32.4 Å². The highest BCUT2D eigenvalue weighted by atomic mass is 16.5. The average molecular weight is 347 g/mol. The van der Waals surface area contributed by atoms with Crippen LogP contribution in [0.3, 0.4) is 0 Å². The molecule has 2 rings (SSSR count). The Morgan fingerprint density at radius 3 is 2.52 bits per heavy atom. The van der Waals surface area contributed by atoms with Gasteiger partial charge >= 0.3 is 12.0 Å². The van der Waals surface area contributed by atoms with Crippen LogP contribution >= 0.6 is 0 Å². The Morgan fingerprint density at radius 1 is 1.28 bits per heavy atom. The lowest BCUT2D eigenvalue weighted by Crippen LogP contribution is -2.42. The van der Waals surface area contributed by atoms with Crippen LogP contribution in [0, 0.1) is 0 Å². The lowest BCUT2D eigenvalue weighted by Gasteiger charge is -2.22. The second kappa shape index (κ2) is 7.33. The molecule has 1 aromatic rings. The molecule has 1 fully saturated rings. The van der Waals surface area contributed by atoms with Crippen molar-refractivity contribution in [3.05, 3.63) is 35.9 Å². The number of hydrogen-bond acceptors (Lipinski definition) is 5. The summed E-state index contributed by atoms with van der Waals surface area (Å²) < 4.78 is 4.97. The fraction of sp³-hybridized carbons (Fsp3) is 0.412. The third-order valence-corrected chi connectivity index (χ3v) is 3.94. The molecular formula is C17H21N3O5. The lowest BCUT2D eigenvalue weighted by molar-refractivity contribution is -0.156. The first-order valence-corrected chi connectivity index (χ1v) is 7.96. The molecule has 4 amide bonds. The van der Waals surface area contributed by atoms with Crippen LogP contribution in [-0.4, -0.2) is 47.9 Å². The molecule has 1 aliphatic rings. The molecular weight excluding hydrogens is 326 g/mol. The van der Waals surface area contributed by atoms with E-state index in [4.69, 9.17) is 4.74 Å². The van der Waals surface area contributed by atoms with Gasteiger partial charge in [0, 0.05) is 6.54 Å². The summed E-state index contributed by atoms with van der Waals surface area (Å²) in [5, 5.41) is 5.12. The Kier molecular flexibility index (Phi) is 5.41. The molecule has 8 nitrogen and oxygen atoms in total. The van der Waals surface area contributed by atoms with E-state index in [1.807, 2.05) is 0 Å². The molecule has 1 heterocycles. The Balaban J connectivity index is 2.06. The molecule has 2 atom stereocenters. The van der Waals surface area contributed by atoms with Crippen molar-refractivity contribution in [3.63, 3.8) is 0 Å². The molecule has 25 heavy (non-hydrogen) atoms. The number of carbonyl (C=O) groups excluding carboxylic acids is 4. The van der Waals surface area contributed by atoms with Crippen LogP contribution in [0.4, 0.5) is 4.79 Å². The maximum Gasteiger partial charge on any atom is 0.327 e. The zero-order chi connectivity index (χ0) is 18.6. The van der Waals surface area contributed by atoms with Crippen molar-refractivity contribution in [1.82, 2.24) is 15.5 Å². The van der Waals surface area contributed by atoms with Crippen molar-refractivity contribution in [2.24, 2.45) is 0 Å². The first kappa shape index (κ1) is 18.4. The van der Waals surface area contributed by atoms with Crippen LogP contribution < -0.4 is 10.6 Å². The number of urea groups is 1. The number of amides is 4. The third kappa shape index (κ3) is 3.78. The minimum atomic E-state index is -1.25. The van der Waals surface area contributed by atoms with Gasteiger partial charge in [-0.25, -0.2) is 4.79 Å². The van der Waals surface area contributed by atoms with Gasteiger partial charge in [-0.15, -0.1) is 0 Å². The van der Waals surface area contributed by atoms with Crippen molar-refractivity contribution in [1.29, 1.82) is 0 Å². The topological polar surface area (TPSA) is 105 Å². The molecule has 1 saturated heterocycles. The summed E-state index contributed by atoms with van der Waals surface area (Å²) in [5.74, 6) is -1.83. The zero-order valence-corrected chi connectivity index (χ0v) is 14.4. The SMILES string of the molecule is CCNC(=O)[C@H](C)OC(=O)CN1C(=O)N[C@@](C)(c2ccccc2)C1=O. The zero-order valence-electron chi connectivity index (χ0n) is 14.4. The third-order valence-electron chi connectivity index (χ3n) is 3.94. The van der Waals surface area contributed by atoms with Crippen molar-refractivity contribution in [2.75, 3.05) is 13.1 Å². The Morgan fingerprint density at radius 2 is 1.92 bits per heavy atom. The van der Waals surface area contributed by atoms with E-state index in [9.17, 15) is 19.2 Å². The van der Waals surface area contributed by atoms with Gasteiger partial charge in [-0.1, -0.05) is 30.3 Å². The maximum atomic E-state index is 12.7. The predicted molar refractivity (Wildman–Crippen MR) is 88.3 cm³/mol. The number of hydrogen-bond donors (Lipinski definition) is 2. The normalized spacial score (nSPS) is 20.8. The van der Waals surface area contributed by atoms with Gasteiger partial charge in [-0.3, -0.25) is 19.3 Å². The quantitative estimate of drug-likeness (QED) is 0.577. The fourth-order valence-corrected chi connectivity index (χ4v) is 2.54. The van der Waals surface area contributed by atoms with Crippen LogP contribution in [-0.2, 0) is 24.7 Å². The van der Waals surface area contributed by atoms with Gasteiger partial charge in [-0.05, 0) is 26.3 Å². The summed E-state index contributed by atoms with van der Waals surface area (Å²) in [7, 11) is 0.